The Morgan fingerprint density at radius 3 is 2.28 bits per heavy atom. The van der Waals surface area contributed by atoms with Crippen molar-refractivity contribution in [2.45, 2.75) is 82.5 Å². The fraction of sp³-hybridized carbons (Fsp3) is 0.773. The molecule has 5 rings (SSSR count). The molecule has 4 fully saturated rings. The number of nitrogens with two attached hydrogens (primary N) is 1. The predicted molar refractivity (Wildman–Crippen MR) is 109 cm³/mol. The zero-order chi connectivity index (χ0) is 20.1. The third kappa shape index (κ3) is 3.62. The second-order valence-electron chi connectivity index (χ2n) is 9.78. The van der Waals surface area contributed by atoms with Crippen molar-refractivity contribution in [1.82, 2.24) is 14.9 Å². The Morgan fingerprint density at radius 2 is 1.72 bits per heavy atom. The fourth-order valence-electron chi connectivity index (χ4n) is 6.52. The van der Waals surface area contributed by atoms with E-state index in [0.29, 0.717) is 35.9 Å². The number of hydrogen-bond donors (Lipinski definition) is 1. The molecule has 0 aromatic carbocycles. The molecule has 7 heteroatoms. The van der Waals surface area contributed by atoms with E-state index in [4.69, 9.17) is 5.73 Å². The van der Waals surface area contributed by atoms with Gasteiger partial charge in [0, 0.05) is 24.7 Å². The summed E-state index contributed by atoms with van der Waals surface area (Å²) in [4.78, 5) is 25.3. The van der Waals surface area contributed by atoms with Crippen molar-refractivity contribution in [3.8, 4) is 0 Å². The number of fused-ring (bicyclic) bond motifs is 2. The SMILES string of the molecule is C[C@H]1C[C@@H](C2CC3CCC(C2)N3C(C(N)=O)C2CC2)CCN1c1ncc(F)cn1. The lowest BCUT2D eigenvalue weighted by molar-refractivity contribution is -0.126. The average Bonchev–Trinajstić information content (AvgIpc) is 3.49. The molecule has 1 saturated carbocycles. The fourth-order valence-corrected chi connectivity index (χ4v) is 6.52. The molecular formula is C22H32FN5O. The van der Waals surface area contributed by atoms with Crippen molar-refractivity contribution in [2.75, 3.05) is 11.4 Å². The van der Waals surface area contributed by atoms with Crippen LogP contribution in [-0.4, -0.2) is 51.5 Å². The second kappa shape index (κ2) is 7.49. The molecule has 3 aliphatic heterocycles. The molecule has 2 bridgehead atoms. The maximum absolute atomic E-state index is 13.2. The van der Waals surface area contributed by atoms with Crippen molar-refractivity contribution >= 4 is 11.9 Å². The van der Waals surface area contributed by atoms with E-state index in [0.717, 1.165) is 38.1 Å². The highest BCUT2D eigenvalue weighted by Crippen LogP contribution is 2.48. The number of hydrogen-bond acceptors (Lipinski definition) is 5. The molecule has 0 spiro atoms. The number of halogens is 1. The number of amides is 1. The number of primary amides is 1. The van der Waals surface area contributed by atoms with Crippen LogP contribution in [0.1, 0.15) is 58.3 Å². The molecule has 5 atom stereocenters. The van der Waals surface area contributed by atoms with Gasteiger partial charge >= 0.3 is 0 Å². The Bertz CT molecular complexity index is 740. The Morgan fingerprint density at radius 1 is 1.07 bits per heavy atom. The van der Waals surface area contributed by atoms with Crippen LogP contribution in [0.5, 0.6) is 0 Å². The van der Waals surface area contributed by atoms with Crippen LogP contribution in [0.15, 0.2) is 12.4 Å². The lowest BCUT2D eigenvalue weighted by atomic mass is 9.74. The highest BCUT2D eigenvalue weighted by molar-refractivity contribution is 5.80. The van der Waals surface area contributed by atoms with Gasteiger partial charge in [-0.05, 0) is 76.0 Å². The molecule has 3 unspecified atom stereocenters. The zero-order valence-corrected chi connectivity index (χ0v) is 17.2. The van der Waals surface area contributed by atoms with E-state index in [2.05, 4.69) is 26.7 Å². The van der Waals surface area contributed by atoms with Crippen LogP contribution in [0.25, 0.3) is 0 Å². The number of nitrogens with zero attached hydrogens (tertiary/aromatic N) is 4. The molecular weight excluding hydrogens is 369 g/mol. The topological polar surface area (TPSA) is 75.3 Å². The zero-order valence-electron chi connectivity index (χ0n) is 17.2. The number of carbonyl (C=O) groups is 1. The van der Waals surface area contributed by atoms with Gasteiger partial charge in [0.05, 0.1) is 18.4 Å². The number of carbonyl (C=O) groups excluding carboxylic acids is 1. The number of anilines is 1. The highest BCUT2D eigenvalue weighted by Gasteiger charge is 2.51. The van der Waals surface area contributed by atoms with E-state index in [1.165, 1.54) is 38.1 Å². The van der Waals surface area contributed by atoms with Gasteiger partial charge in [0.25, 0.3) is 0 Å². The standard InChI is InChI=1S/C22H32FN5O/c1-13-8-15(6-7-27(13)22-25-11-17(23)12-26-22)16-9-18-4-5-19(10-16)28(18)20(21(24)29)14-2-3-14/h11-16,18-20H,2-10H2,1H3,(H2,24,29)/t13-,15-,16?,18?,19?,20?/m0/s1. The molecule has 6 nitrogen and oxygen atoms in total. The maximum atomic E-state index is 13.2. The summed E-state index contributed by atoms with van der Waals surface area (Å²) >= 11 is 0. The van der Waals surface area contributed by atoms with Gasteiger partial charge in [0.1, 0.15) is 0 Å². The van der Waals surface area contributed by atoms with Crippen molar-refractivity contribution in [3.05, 3.63) is 18.2 Å². The summed E-state index contributed by atoms with van der Waals surface area (Å²) in [6.45, 7) is 3.16. The molecule has 0 radical (unpaired) electrons. The molecule has 29 heavy (non-hydrogen) atoms. The van der Waals surface area contributed by atoms with E-state index < -0.39 is 0 Å². The molecule has 4 heterocycles. The molecule has 4 aliphatic rings. The first kappa shape index (κ1) is 19.2. The Kier molecular flexibility index (Phi) is 4.96. The summed E-state index contributed by atoms with van der Waals surface area (Å²) in [7, 11) is 0. The van der Waals surface area contributed by atoms with E-state index in [1.807, 2.05) is 0 Å². The number of rotatable bonds is 5. The molecule has 1 aromatic rings. The molecule has 1 aromatic heterocycles. The van der Waals surface area contributed by atoms with E-state index >= 15 is 0 Å². The van der Waals surface area contributed by atoms with Crippen LogP contribution in [0.3, 0.4) is 0 Å². The summed E-state index contributed by atoms with van der Waals surface area (Å²) in [5, 5.41) is 0. The Labute approximate surface area is 172 Å². The smallest absolute Gasteiger partial charge is 0.235 e. The highest BCUT2D eigenvalue weighted by atomic mass is 19.1. The number of aromatic nitrogens is 2. The van der Waals surface area contributed by atoms with Crippen LogP contribution in [0, 0.1) is 23.6 Å². The third-order valence-corrected chi connectivity index (χ3v) is 7.95. The largest absolute Gasteiger partial charge is 0.368 e. The van der Waals surface area contributed by atoms with Gasteiger partial charge in [0.15, 0.2) is 5.82 Å². The first-order valence-corrected chi connectivity index (χ1v) is 11.3. The minimum Gasteiger partial charge on any atom is -0.368 e. The van der Waals surface area contributed by atoms with Gasteiger partial charge < -0.3 is 10.6 Å². The van der Waals surface area contributed by atoms with Crippen molar-refractivity contribution in [2.24, 2.45) is 23.5 Å². The average molecular weight is 402 g/mol. The van der Waals surface area contributed by atoms with Gasteiger partial charge in [-0.2, -0.15) is 0 Å². The van der Waals surface area contributed by atoms with Gasteiger partial charge in [-0.15, -0.1) is 0 Å². The molecule has 1 amide bonds. The molecule has 3 saturated heterocycles. The lowest BCUT2D eigenvalue weighted by Crippen LogP contribution is -2.56. The van der Waals surface area contributed by atoms with Gasteiger partial charge in [-0.3, -0.25) is 9.69 Å². The van der Waals surface area contributed by atoms with Gasteiger partial charge in [-0.25, -0.2) is 14.4 Å². The van der Waals surface area contributed by atoms with Crippen LogP contribution < -0.4 is 10.6 Å². The quantitative estimate of drug-likeness (QED) is 0.821. The van der Waals surface area contributed by atoms with Crippen LogP contribution in [0.2, 0.25) is 0 Å². The van der Waals surface area contributed by atoms with Crippen LogP contribution >= 0.6 is 0 Å². The van der Waals surface area contributed by atoms with Gasteiger partial charge in [0.2, 0.25) is 11.9 Å². The predicted octanol–water partition coefficient (Wildman–Crippen LogP) is 2.73. The summed E-state index contributed by atoms with van der Waals surface area (Å²) in [6.07, 6.45) is 11.9. The normalized spacial score (nSPS) is 36.2. The van der Waals surface area contributed by atoms with Crippen molar-refractivity contribution in [1.29, 1.82) is 0 Å². The monoisotopic (exact) mass is 401 g/mol. The second-order valence-corrected chi connectivity index (χ2v) is 9.78. The summed E-state index contributed by atoms with van der Waals surface area (Å²) in [6, 6.07) is 1.40. The summed E-state index contributed by atoms with van der Waals surface area (Å²) < 4.78 is 13.2. The number of piperidine rings is 2. The van der Waals surface area contributed by atoms with E-state index in [-0.39, 0.29) is 17.8 Å². The molecule has 158 valence electrons. The van der Waals surface area contributed by atoms with Crippen molar-refractivity contribution < 1.29 is 9.18 Å². The Balaban J connectivity index is 1.23. The molecule has 1 aliphatic carbocycles. The third-order valence-electron chi connectivity index (χ3n) is 7.95. The Hall–Kier alpha value is -1.76. The molecule has 2 N–H and O–H groups in total. The first-order chi connectivity index (χ1) is 14.0. The van der Waals surface area contributed by atoms with E-state index in [1.54, 1.807) is 0 Å². The van der Waals surface area contributed by atoms with Gasteiger partial charge in [-0.1, -0.05) is 0 Å². The van der Waals surface area contributed by atoms with Crippen LogP contribution in [0.4, 0.5) is 10.3 Å². The summed E-state index contributed by atoms with van der Waals surface area (Å²) in [5.74, 6) is 2.09. The van der Waals surface area contributed by atoms with Crippen molar-refractivity contribution in [3.63, 3.8) is 0 Å². The lowest BCUT2D eigenvalue weighted by Gasteiger charge is -2.47. The van der Waals surface area contributed by atoms with Crippen LogP contribution in [-0.2, 0) is 4.79 Å². The minimum absolute atomic E-state index is 0.0233. The summed E-state index contributed by atoms with van der Waals surface area (Å²) in [5.41, 5.74) is 5.81. The minimum atomic E-state index is -0.390. The maximum Gasteiger partial charge on any atom is 0.235 e. The first-order valence-electron chi connectivity index (χ1n) is 11.3. The van der Waals surface area contributed by atoms with E-state index in [9.17, 15) is 9.18 Å².